The number of nitrogens with zero attached hydrogens (tertiary/aromatic N) is 2. The molecular formula is C26H22ClN3O5S2. The first-order valence-corrected chi connectivity index (χ1v) is 13.8. The summed E-state index contributed by atoms with van der Waals surface area (Å²) in [5.74, 6) is -0.920. The summed E-state index contributed by atoms with van der Waals surface area (Å²) >= 11 is 7.09. The van der Waals surface area contributed by atoms with Gasteiger partial charge < -0.3 is 9.30 Å². The Morgan fingerprint density at radius 2 is 1.76 bits per heavy atom. The molecule has 0 saturated carbocycles. The second-order valence-electron chi connectivity index (χ2n) is 7.74. The van der Waals surface area contributed by atoms with Crippen LogP contribution in [0.3, 0.4) is 0 Å². The number of anilines is 1. The lowest BCUT2D eigenvalue weighted by Crippen LogP contribution is -2.16. The maximum Gasteiger partial charge on any atom is 0.338 e. The maximum absolute atomic E-state index is 12.9. The number of rotatable bonds is 8. The van der Waals surface area contributed by atoms with Gasteiger partial charge in [0.25, 0.3) is 15.9 Å². The number of benzene rings is 3. The van der Waals surface area contributed by atoms with Crippen LogP contribution in [0.4, 0.5) is 5.69 Å². The zero-order chi connectivity index (χ0) is 26.6. The summed E-state index contributed by atoms with van der Waals surface area (Å²) in [7, 11) is -3.81. The monoisotopic (exact) mass is 555 g/mol. The highest BCUT2D eigenvalue weighted by Crippen LogP contribution is 2.21. The first-order valence-electron chi connectivity index (χ1n) is 11.1. The molecule has 0 aliphatic rings. The molecule has 0 spiro atoms. The topological polar surface area (TPSA) is 107 Å². The van der Waals surface area contributed by atoms with Gasteiger partial charge in [0.2, 0.25) is 0 Å². The van der Waals surface area contributed by atoms with E-state index in [9.17, 15) is 18.0 Å². The van der Waals surface area contributed by atoms with Crippen LogP contribution in [0, 0.1) is 0 Å². The fourth-order valence-electron chi connectivity index (χ4n) is 3.47. The molecule has 1 heterocycles. The minimum Gasteiger partial charge on any atom is -0.462 e. The zero-order valence-electron chi connectivity index (χ0n) is 19.7. The van der Waals surface area contributed by atoms with Crippen LogP contribution >= 0.6 is 22.9 Å². The zero-order valence-corrected chi connectivity index (χ0v) is 22.1. The largest absolute Gasteiger partial charge is 0.462 e. The third kappa shape index (κ3) is 5.99. The van der Waals surface area contributed by atoms with Crippen molar-refractivity contribution in [1.82, 2.24) is 4.57 Å². The Balaban J connectivity index is 1.61. The molecule has 0 bridgehead atoms. The van der Waals surface area contributed by atoms with Gasteiger partial charge in [-0.2, -0.15) is 4.99 Å². The van der Waals surface area contributed by atoms with E-state index in [1.807, 2.05) is 4.57 Å². The van der Waals surface area contributed by atoms with Crippen LogP contribution in [0.5, 0.6) is 0 Å². The number of carbonyl (C=O) groups is 2. The van der Waals surface area contributed by atoms with Crippen molar-refractivity contribution in [3.8, 4) is 0 Å². The van der Waals surface area contributed by atoms with Gasteiger partial charge in [-0.1, -0.05) is 29.0 Å². The first kappa shape index (κ1) is 26.3. The summed E-state index contributed by atoms with van der Waals surface area (Å²) in [6, 6.07) is 16.9. The smallest absolute Gasteiger partial charge is 0.338 e. The van der Waals surface area contributed by atoms with Gasteiger partial charge in [0, 0.05) is 22.8 Å². The normalized spacial score (nSPS) is 11.9. The number of halogens is 1. The molecule has 1 aromatic heterocycles. The number of nitrogens with one attached hydrogen (secondary N) is 1. The van der Waals surface area contributed by atoms with Gasteiger partial charge in [0.1, 0.15) is 0 Å². The summed E-state index contributed by atoms with van der Waals surface area (Å²) in [5.41, 5.74) is 1.79. The lowest BCUT2D eigenvalue weighted by atomic mass is 10.2. The van der Waals surface area contributed by atoms with Crippen molar-refractivity contribution in [1.29, 1.82) is 0 Å². The Morgan fingerprint density at radius 3 is 2.41 bits per heavy atom. The minimum atomic E-state index is -3.81. The Kier molecular flexibility index (Phi) is 7.91. The van der Waals surface area contributed by atoms with E-state index >= 15 is 0 Å². The number of sulfonamides is 1. The number of carbonyl (C=O) groups excluding carboxylic acids is 2. The number of fused-ring (bicyclic) bond motifs is 1. The molecule has 190 valence electrons. The lowest BCUT2D eigenvalue weighted by molar-refractivity contribution is 0.0526. The molecule has 0 aliphatic carbocycles. The Bertz CT molecular complexity index is 1660. The van der Waals surface area contributed by atoms with Gasteiger partial charge in [-0.25, -0.2) is 13.2 Å². The SMILES string of the molecule is C=CCn1c(=NC(=O)c2ccc(NS(=O)(=O)c3ccc(Cl)cc3)cc2)sc2cc(C(=O)OCC)ccc21. The van der Waals surface area contributed by atoms with E-state index in [-0.39, 0.29) is 17.1 Å². The van der Waals surface area contributed by atoms with Crippen LogP contribution in [0.1, 0.15) is 27.6 Å². The van der Waals surface area contributed by atoms with Gasteiger partial charge in [0.15, 0.2) is 4.80 Å². The number of ether oxygens (including phenoxy) is 1. The molecule has 0 atom stereocenters. The van der Waals surface area contributed by atoms with E-state index in [2.05, 4.69) is 16.3 Å². The van der Waals surface area contributed by atoms with Crippen LogP contribution < -0.4 is 9.52 Å². The summed E-state index contributed by atoms with van der Waals surface area (Å²) in [6.45, 7) is 6.20. The van der Waals surface area contributed by atoms with Crippen molar-refractivity contribution in [2.45, 2.75) is 18.4 Å². The average molecular weight is 556 g/mol. The summed E-state index contributed by atoms with van der Waals surface area (Å²) in [6.07, 6.45) is 1.69. The molecule has 4 aromatic rings. The molecule has 8 nitrogen and oxygen atoms in total. The van der Waals surface area contributed by atoms with Crippen molar-refractivity contribution in [3.05, 3.63) is 100 Å². The predicted molar refractivity (Wildman–Crippen MR) is 145 cm³/mol. The number of hydrogen-bond donors (Lipinski definition) is 1. The lowest BCUT2D eigenvalue weighted by Gasteiger charge is -2.08. The molecule has 1 N–H and O–H groups in total. The molecule has 0 fully saturated rings. The van der Waals surface area contributed by atoms with Gasteiger partial charge in [-0.05, 0) is 73.7 Å². The summed E-state index contributed by atoms with van der Waals surface area (Å²) in [5, 5.41) is 0.429. The van der Waals surface area contributed by atoms with Crippen molar-refractivity contribution in [3.63, 3.8) is 0 Å². The number of hydrogen-bond acceptors (Lipinski definition) is 6. The highest BCUT2D eigenvalue weighted by atomic mass is 35.5. The quantitative estimate of drug-likeness (QED) is 0.236. The van der Waals surface area contributed by atoms with Gasteiger partial charge in [-0.3, -0.25) is 9.52 Å². The van der Waals surface area contributed by atoms with Crippen molar-refractivity contribution in [2.24, 2.45) is 4.99 Å². The minimum absolute atomic E-state index is 0.0645. The molecule has 1 amide bonds. The predicted octanol–water partition coefficient (Wildman–Crippen LogP) is 5.26. The van der Waals surface area contributed by atoms with Crippen LogP contribution in [0.25, 0.3) is 10.2 Å². The number of aromatic nitrogens is 1. The van der Waals surface area contributed by atoms with Gasteiger partial charge in [-0.15, -0.1) is 6.58 Å². The van der Waals surface area contributed by atoms with Crippen LogP contribution in [0.15, 0.2) is 89.3 Å². The highest BCUT2D eigenvalue weighted by molar-refractivity contribution is 7.92. The molecule has 0 unspecified atom stereocenters. The van der Waals surface area contributed by atoms with Crippen molar-refractivity contribution < 1.29 is 22.7 Å². The van der Waals surface area contributed by atoms with E-state index in [0.29, 0.717) is 27.6 Å². The molecular weight excluding hydrogens is 534 g/mol. The van der Waals surface area contributed by atoms with E-state index in [4.69, 9.17) is 16.3 Å². The van der Waals surface area contributed by atoms with Gasteiger partial charge >= 0.3 is 5.97 Å². The number of allylic oxidation sites excluding steroid dienone is 1. The fraction of sp³-hybridized carbons (Fsp3) is 0.115. The van der Waals surface area contributed by atoms with Crippen LogP contribution in [-0.2, 0) is 21.3 Å². The molecule has 3 aromatic carbocycles. The van der Waals surface area contributed by atoms with E-state index < -0.39 is 21.9 Å². The van der Waals surface area contributed by atoms with E-state index in [0.717, 1.165) is 10.2 Å². The molecule has 0 saturated heterocycles. The highest BCUT2D eigenvalue weighted by Gasteiger charge is 2.15. The number of esters is 1. The fourth-order valence-corrected chi connectivity index (χ4v) is 5.73. The Labute approximate surface area is 222 Å². The Morgan fingerprint density at radius 1 is 1.08 bits per heavy atom. The molecule has 4 rings (SSSR count). The van der Waals surface area contributed by atoms with Crippen molar-refractivity contribution >= 4 is 60.7 Å². The molecule has 0 radical (unpaired) electrons. The summed E-state index contributed by atoms with van der Waals surface area (Å²) in [4.78, 5) is 29.8. The Hall–Kier alpha value is -3.73. The third-order valence-electron chi connectivity index (χ3n) is 5.21. The second-order valence-corrected chi connectivity index (χ2v) is 10.9. The van der Waals surface area contributed by atoms with E-state index in [1.165, 1.54) is 59.9 Å². The van der Waals surface area contributed by atoms with Crippen molar-refractivity contribution in [2.75, 3.05) is 11.3 Å². The molecule has 0 aliphatic heterocycles. The molecule has 11 heteroatoms. The first-order chi connectivity index (χ1) is 17.7. The summed E-state index contributed by atoms with van der Waals surface area (Å²) < 4.78 is 35.3. The maximum atomic E-state index is 12.9. The van der Waals surface area contributed by atoms with Gasteiger partial charge in [0.05, 0.1) is 27.3 Å². The second kappa shape index (κ2) is 11.1. The third-order valence-corrected chi connectivity index (χ3v) is 7.90. The van der Waals surface area contributed by atoms with E-state index in [1.54, 1.807) is 31.2 Å². The number of thiazole rings is 1. The van der Waals surface area contributed by atoms with Crippen LogP contribution in [0.2, 0.25) is 5.02 Å². The molecule has 37 heavy (non-hydrogen) atoms. The number of amides is 1. The average Bonchev–Trinajstić information content (AvgIpc) is 3.21. The standard InChI is InChI=1S/C26H22ClN3O5S2/c1-3-15-30-22-14-7-18(25(32)35-4-2)16-23(22)36-26(30)28-24(31)17-5-10-20(11-6-17)29-37(33,34)21-12-8-19(27)9-13-21/h3,5-14,16,29H,1,4,15H2,2H3. The van der Waals surface area contributed by atoms with Crippen LogP contribution in [-0.4, -0.2) is 31.5 Å².